The van der Waals surface area contributed by atoms with Crippen molar-refractivity contribution in [2.45, 2.75) is 37.8 Å². The molecule has 4 aromatic rings. The maximum absolute atomic E-state index is 5.52. The minimum absolute atomic E-state index is 0.361. The number of nitrogens with zero attached hydrogens (tertiary/aromatic N) is 5. The third-order valence-electron chi connectivity index (χ3n) is 7.13. The second-order valence-electron chi connectivity index (χ2n) is 9.09. The van der Waals surface area contributed by atoms with Crippen LogP contribution in [-0.4, -0.2) is 75.3 Å². The van der Waals surface area contributed by atoms with Crippen LogP contribution < -0.4 is 10.1 Å². The highest BCUT2D eigenvalue weighted by molar-refractivity contribution is 6.12. The molecule has 176 valence electrons. The molecule has 1 saturated heterocycles. The summed E-state index contributed by atoms with van der Waals surface area (Å²) in [6, 6.07) is 7.75. The molecule has 1 saturated carbocycles. The Balaban J connectivity index is 1.26. The van der Waals surface area contributed by atoms with Crippen molar-refractivity contribution in [2.24, 2.45) is 0 Å². The van der Waals surface area contributed by atoms with E-state index in [1.807, 2.05) is 0 Å². The van der Waals surface area contributed by atoms with Gasteiger partial charge >= 0.3 is 6.01 Å². The maximum Gasteiger partial charge on any atom is 0.316 e. The molecular weight excluding hydrogens is 430 g/mol. The smallest absolute Gasteiger partial charge is 0.316 e. The minimum atomic E-state index is 0.361. The summed E-state index contributed by atoms with van der Waals surface area (Å²) in [5.41, 5.74) is 3.85. The van der Waals surface area contributed by atoms with E-state index in [0.29, 0.717) is 18.1 Å². The number of rotatable bonds is 5. The Morgan fingerprint density at radius 1 is 1.00 bits per heavy atom. The Kier molecular flexibility index (Phi) is 5.72. The minimum Gasteiger partial charge on any atom is -0.467 e. The lowest BCUT2D eigenvalue weighted by Crippen LogP contribution is -2.46. The fraction of sp³-hybridized carbons (Fsp3) is 0.440. The topological polar surface area (TPSA) is 101 Å². The summed E-state index contributed by atoms with van der Waals surface area (Å²) in [4.78, 5) is 23.7. The van der Waals surface area contributed by atoms with E-state index in [1.54, 1.807) is 25.8 Å². The summed E-state index contributed by atoms with van der Waals surface area (Å²) >= 11 is 0. The first kappa shape index (κ1) is 21.2. The second kappa shape index (κ2) is 9.15. The van der Waals surface area contributed by atoms with Gasteiger partial charge in [0, 0.05) is 54.0 Å². The van der Waals surface area contributed by atoms with Gasteiger partial charge in [-0.3, -0.25) is 4.90 Å². The number of hydrogen-bond donors (Lipinski definition) is 2. The van der Waals surface area contributed by atoms with Crippen LogP contribution in [0.3, 0.4) is 0 Å². The van der Waals surface area contributed by atoms with Crippen LogP contribution in [0.25, 0.3) is 33.1 Å². The van der Waals surface area contributed by atoms with Crippen LogP contribution in [0.2, 0.25) is 0 Å². The van der Waals surface area contributed by atoms with Crippen molar-refractivity contribution in [3.63, 3.8) is 0 Å². The average molecular weight is 460 g/mol. The molecule has 1 aromatic carbocycles. The predicted molar refractivity (Wildman–Crippen MR) is 131 cm³/mol. The molecule has 2 fully saturated rings. The molecule has 2 N–H and O–H groups in total. The van der Waals surface area contributed by atoms with Crippen molar-refractivity contribution in [2.75, 3.05) is 38.7 Å². The van der Waals surface area contributed by atoms with Crippen molar-refractivity contribution in [1.29, 1.82) is 0 Å². The zero-order chi connectivity index (χ0) is 22.9. The Bertz CT molecular complexity index is 1280. The molecule has 34 heavy (non-hydrogen) atoms. The lowest BCUT2D eigenvalue weighted by atomic mass is 9.90. The molecule has 0 bridgehead atoms. The first-order valence-corrected chi connectivity index (χ1v) is 12.0. The number of methoxy groups -OCH3 is 1. The number of morpholine rings is 1. The van der Waals surface area contributed by atoms with Gasteiger partial charge in [0.1, 0.15) is 17.8 Å². The number of nitrogens with one attached hydrogen (secondary N) is 2. The van der Waals surface area contributed by atoms with Crippen LogP contribution in [0.1, 0.15) is 25.7 Å². The van der Waals surface area contributed by atoms with Gasteiger partial charge in [0.05, 0.1) is 25.7 Å². The van der Waals surface area contributed by atoms with Crippen molar-refractivity contribution >= 4 is 27.8 Å². The van der Waals surface area contributed by atoms with Gasteiger partial charge in [-0.1, -0.05) is 6.07 Å². The lowest BCUT2D eigenvalue weighted by Gasteiger charge is -2.39. The zero-order valence-electron chi connectivity index (χ0n) is 19.3. The van der Waals surface area contributed by atoms with Crippen LogP contribution in [0.4, 0.5) is 5.82 Å². The summed E-state index contributed by atoms with van der Waals surface area (Å²) in [5.74, 6) is 0.897. The highest BCUT2D eigenvalue weighted by Crippen LogP contribution is 2.34. The average Bonchev–Trinajstić information content (AvgIpc) is 3.28. The quantitative estimate of drug-likeness (QED) is 0.467. The van der Waals surface area contributed by atoms with Gasteiger partial charge < -0.3 is 19.8 Å². The highest BCUT2D eigenvalue weighted by Gasteiger charge is 2.27. The number of benzene rings is 1. The van der Waals surface area contributed by atoms with Gasteiger partial charge in [-0.15, -0.1) is 0 Å². The van der Waals surface area contributed by atoms with Crippen molar-refractivity contribution in [3.8, 4) is 17.1 Å². The van der Waals surface area contributed by atoms with E-state index in [1.165, 1.54) is 12.8 Å². The molecule has 0 atom stereocenters. The third kappa shape index (κ3) is 4.05. The molecule has 0 amide bonds. The van der Waals surface area contributed by atoms with Crippen molar-refractivity contribution < 1.29 is 9.47 Å². The Morgan fingerprint density at radius 3 is 2.56 bits per heavy atom. The third-order valence-corrected chi connectivity index (χ3v) is 7.13. The van der Waals surface area contributed by atoms with Crippen molar-refractivity contribution in [1.82, 2.24) is 29.8 Å². The molecule has 4 heterocycles. The first-order valence-electron chi connectivity index (χ1n) is 12.0. The monoisotopic (exact) mass is 459 g/mol. The van der Waals surface area contributed by atoms with E-state index in [9.17, 15) is 0 Å². The van der Waals surface area contributed by atoms with Gasteiger partial charge in [0.25, 0.3) is 0 Å². The SMILES string of the molecule is COc1ncc(-c2ccc3[nH]c4ncnc(NC5CCC(N6CCOCC6)CC5)c4c3c2)cn1. The number of hydrogen-bond acceptors (Lipinski definition) is 8. The molecule has 0 radical (unpaired) electrons. The molecule has 1 aliphatic heterocycles. The summed E-state index contributed by atoms with van der Waals surface area (Å²) in [6.45, 7) is 3.85. The van der Waals surface area contributed by atoms with Gasteiger partial charge in [0.15, 0.2) is 0 Å². The Hall–Kier alpha value is -3.30. The van der Waals surface area contributed by atoms with Crippen LogP contribution in [0.15, 0.2) is 36.9 Å². The highest BCUT2D eigenvalue weighted by atomic mass is 16.5. The summed E-state index contributed by atoms with van der Waals surface area (Å²) in [5, 5.41) is 5.87. The molecular formula is C25H29N7O2. The molecule has 3 aromatic heterocycles. The standard InChI is InChI=1S/C25H29N7O2/c1-33-25-26-13-17(14-27-25)16-2-7-21-20(12-16)22-23(28-15-29-24(22)31-21)30-18-3-5-19(6-4-18)32-8-10-34-11-9-32/h2,7,12-15,18-19H,3-6,8-11H2,1H3,(H2,28,29,30,31). The van der Waals surface area contributed by atoms with E-state index in [0.717, 1.165) is 78.0 Å². The van der Waals surface area contributed by atoms with Gasteiger partial charge in [0.2, 0.25) is 0 Å². The Morgan fingerprint density at radius 2 is 1.79 bits per heavy atom. The van der Waals surface area contributed by atoms with Crippen molar-refractivity contribution in [3.05, 3.63) is 36.9 Å². The van der Waals surface area contributed by atoms with Crippen LogP contribution >= 0.6 is 0 Å². The number of ether oxygens (including phenoxy) is 2. The molecule has 1 aliphatic carbocycles. The van der Waals surface area contributed by atoms with E-state index in [4.69, 9.17) is 9.47 Å². The summed E-state index contributed by atoms with van der Waals surface area (Å²) in [7, 11) is 1.57. The number of aromatic amines is 1. The lowest BCUT2D eigenvalue weighted by molar-refractivity contribution is 0.00791. The molecule has 2 aliphatic rings. The molecule has 0 spiro atoms. The van der Waals surface area contributed by atoms with E-state index >= 15 is 0 Å². The Labute approximate surface area is 197 Å². The number of fused-ring (bicyclic) bond motifs is 3. The van der Waals surface area contributed by atoms with Crippen LogP contribution in [0.5, 0.6) is 6.01 Å². The normalized spacial score (nSPS) is 21.7. The molecule has 0 unspecified atom stereocenters. The van der Waals surface area contributed by atoms with Gasteiger partial charge in [-0.05, 0) is 43.4 Å². The first-order chi connectivity index (χ1) is 16.8. The zero-order valence-corrected chi connectivity index (χ0v) is 19.3. The fourth-order valence-electron chi connectivity index (χ4n) is 5.30. The number of H-pyrrole nitrogens is 1. The van der Waals surface area contributed by atoms with E-state index < -0.39 is 0 Å². The molecule has 9 nitrogen and oxygen atoms in total. The van der Waals surface area contributed by atoms with Gasteiger partial charge in [-0.2, -0.15) is 0 Å². The summed E-state index contributed by atoms with van der Waals surface area (Å²) < 4.78 is 10.6. The summed E-state index contributed by atoms with van der Waals surface area (Å²) in [6.07, 6.45) is 9.91. The molecule has 6 rings (SSSR count). The largest absolute Gasteiger partial charge is 0.467 e. The second-order valence-corrected chi connectivity index (χ2v) is 9.09. The fourth-order valence-corrected chi connectivity index (χ4v) is 5.30. The van der Waals surface area contributed by atoms with Crippen LogP contribution in [-0.2, 0) is 4.74 Å². The van der Waals surface area contributed by atoms with Crippen LogP contribution in [0, 0.1) is 0 Å². The molecule has 9 heteroatoms. The number of aromatic nitrogens is 5. The van der Waals surface area contributed by atoms with E-state index in [2.05, 4.69) is 53.3 Å². The maximum atomic E-state index is 5.52. The van der Waals surface area contributed by atoms with Gasteiger partial charge in [-0.25, -0.2) is 19.9 Å². The number of anilines is 1. The van der Waals surface area contributed by atoms with E-state index in [-0.39, 0.29) is 0 Å². The predicted octanol–water partition coefficient (Wildman–Crippen LogP) is 3.63.